The van der Waals surface area contributed by atoms with Gasteiger partial charge in [-0.2, -0.15) is 0 Å². The zero-order valence-electron chi connectivity index (χ0n) is 13.9. The number of nitro groups is 1. The second kappa shape index (κ2) is 12.5. The second-order valence-corrected chi connectivity index (χ2v) is 5.35. The molecule has 1 amide bonds. The van der Waals surface area contributed by atoms with Crippen LogP contribution < -0.4 is 21.7 Å². The Hall–Kier alpha value is -1.97. The highest BCUT2D eigenvalue weighted by atomic mass is 16.6. The molecule has 0 fully saturated rings. The lowest BCUT2D eigenvalue weighted by atomic mass is 10.3. The highest BCUT2D eigenvalue weighted by molar-refractivity contribution is 5.91. The van der Waals surface area contributed by atoms with Gasteiger partial charge in [0.25, 0.3) is 5.91 Å². The van der Waals surface area contributed by atoms with Crippen LogP contribution >= 0.6 is 0 Å². The van der Waals surface area contributed by atoms with Crippen molar-refractivity contribution in [3.63, 3.8) is 0 Å². The maximum Gasteiger partial charge on any atom is 0.433 e. The first-order valence-electron chi connectivity index (χ1n) is 8.29. The van der Waals surface area contributed by atoms with Crippen LogP contribution in [0.3, 0.4) is 0 Å². The van der Waals surface area contributed by atoms with Gasteiger partial charge in [0.05, 0.1) is 6.07 Å². The molecule has 0 aliphatic carbocycles. The van der Waals surface area contributed by atoms with Gasteiger partial charge < -0.3 is 26.1 Å². The molecule has 0 aromatic carbocycles. The quantitative estimate of drug-likeness (QED) is 0.221. The van der Waals surface area contributed by atoms with E-state index in [0.29, 0.717) is 6.54 Å². The molecule has 0 spiro atoms. The Balaban J connectivity index is 1.94. The number of amides is 1. The van der Waals surface area contributed by atoms with E-state index in [9.17, 15) is 14.9 Å². The summed E-state index contributed by atoms with van der Waals surface area (Å²) in [6, 6.07) is 2.47. The Kier molecular flexibility index (Phi) is 10.4. The number of nitrogens with two attached hydrogens (primary N) is 1. The Morgan fingerprint density at radius 3 is 2.25 bits per heavy atom. The van der Waals surface area contributed by atoms with E-state index < -0.39 is 16.7 Å². The number of carbonyl (C=O) groups is 1. The van der Waals surface area contributed by atoms with Crippen molar-refractivity contribution in [2.24, 2.45) is 5.73 Å². The van der Waals surface area contributed by atoms with Gasteiger partial charge in [0, 0.05) is 6.54 Å². The van der Waals surface area contributed by atoms with E-state index in [-0.39, 0.29) is 5.76 Å². The number of unbranched alkanes of at least 4 members (excludes halogenated alkanes) is 1. The lowest BCUT2D eigenvalue weighted by molar-refractivity contribution is -0.402. The van der Waals surface area contributed by atoms with Crippen LogP contribution in [-0.2, 0) is 0 Å². The molecule has 1 rings (SSSR count). The molecule has 136 valence electrons. The van der Waals surface area contributed by atoms with Crippen molar-refractivity contribution in [2.75, 3.05) is 39.3 Å². The molecular weight excluding hydrogens is 314 g/mol. The van der Waals surface area contributed by atoms with Crippen molar-refractivity contribution >= 4 is 11.8 Å². The summed E-state index contributed by atoms with van der Waals surface area (Å²) < 4.78 is 4.82. The minimum absolute atomic E-state index is 0.0446. The van der Waals surface area contributed by atoms with Crippen LogP contribution in [0.25, 0.3) is 0 Å². The van der Waals surface area contributed by atoms with E-state index in [2.05, 4.69) is 16.0 Å². The molecular formula is C15H27N5O4. The van der Waals surface area contributed by atoms with Crippen molar-refractivity contribution in [1.29, 1.82) is 0 Å². The van der Waals surface area contributed by atoms with E-state index in [1.54, 1.807) is 0 Å². The van der Waals surface area contributed by atoms with Gasteiger partial charge in [-0.25, -0.2) is 0 Å². The summed E-state index contributed by atoms with van der Waals surface area (Å²) in [4.78, 5) is 21.5. The maximum atomic E-state index is 11.7. The number of nitrogens with one attached hydrogen (secondary N) is 3. The number of hydrogen-bond donors (Lipinski definition) is 4. The highest BCUT2D eigenvalue weighted by Crippen LogP contribution is 2.15. The lowest BCUT2D eigenvalue weighted by Crippen LogP contribution is -2.27. The summed E-state index contributed by atoms with van der Waals surface area (Å²) in [5.41, 5.74) is 5.41. The zero-order valence-corrected chi connectivity index (χ0v) is 13.9. The van der Waals surface area contributed by atoms with E-state index in [1.807, 2.05) is 0 Å². The third-order valence-electron chi connectivity index (χ3n) is 3.33. The molecule has 0 saturated carbocycles. The van der Waals surface area contributed by atoms with E-state index in [1.165, 1.54) is 12.1 Å². The molecule has 0 atom stereocenters. The van der Waals surface area contributed by atoms with Crippen LogP contribution in [0.2, 0.25) is 0 Å². The number of carbonyl (C=O) groups excluding carboxylic acids is 1. The first-order chi connectivity index (χ1) is 11.6. The van der Waals surface area contributed by atoms with Crippen molar-refractivity contribution in [1.82, 2.24) is 16.0 Å². The van der Waals surface area contributed by atoms with E-state index in [4.69, 9.17) is 10.2 Å². The van der Waals surface area contributed by atoms with Gasteiger partial charge in [0.15, 0.2) is 5.76 Å². The monoisotopic (exact) mass is 341 g/mol. The summed E-state index contributed by atoms with van der Waals surface area (Å²) in [5.74, 6) is -0.914. The van der Waals surface area contributed by atoms with Gasteiger partial charge >= 0.3 is 5.88 Å². The maximum absolute atomic E-state index is 11.7. The molecule has 1 heterocycles. The van der Waals surface area contributed by atoms with Gasteiger partial charge in [-0.15, -0.1) is 0 Å². The Labute approximate surface area is 141 Å². The fourth-order valence-corrected chi connectivity index (χ4v) is 2.03. The third-order valence-corrected chi connectivity index (χ3v) is 3.33. The fraction of sp³-hybridized carbons (Fsp3) is 0.667. The molecule has 9 heteroatoms. The number of hydrogen-bond acceptors (Lipinski definition) is 7. The van der Waals surface area contributed by atoms with E-state index in [0.717, 1.165) is 58.4 Å². The first kappa shape index (κ1) is 20.1. The van der Waals surface area contributed by atoms with Crippen molar-refractivity contribution in [2.45, 2.75) is 25.7 Å². The Morgan fingerprint density at radius 1 is 1.04 bits per heavy atom. The highest BCUT2D eigenvalue weighted by Gasteiger charge is 2.16. The summed E-state index contributed by atoms with van der Waals surface area (Å²) in [5, 5.41) is 19.8. The third kappa shape index (κ3) is 8.61. The van der Waals surface area contributed by atoms with Crippen LogP contribution in [0.4, 0.5) is 5.88 Å². The van der Waals surface area contributed by atoms with E-state index >= 15 is 0 Å². The number of rotatable bonds is 14. The summed E-state index contributed by atoms with van der Waals surface area (Å²) in [6.45, 7) is 4.94. The molecule has 9 nitrogen and oxygen atoms in total. The number of nitrogens with zero attached hydrogens (tertiary/aromatic N) is 1. The summed E-state index contributed by atoms with van der Waals surface area (Å²) in [7, 11) is 0. The van der Waals surface area contributed by atoms with Crippen LogP contribution in [0, 0.1) is 10.1 Å². The Morgan fingerprint density at radius 2 is 1.67 bits per heavy atom. The smallest absolute Gasteiger partial charge is 0.395 e. The predicted molar refractivity (Wildman–Crippen MR) is 91.0 cm³/mol. The Bertz CT molecular complexity index is 492. The minimum atomic E-state index is -0.672. The molecule has 0 bridgehead atoms. The minimum Gasteiger partial charge on any atom is -0.395 e. The van der Waals surface area contributed by atoms with Gasteiger partial charge in [0.1, 0.15) is 4.92 Å². The van der Waals surface area contributed by atoms with Crippen LogP contribution in [0.5, 0.6) is 0 Å². The molecule has 0 saturated heterocycles. The molecule has 24 heavy (non-hydrogen) atoms. The molecule has 0 aliphatic rings. The molecule has 0 unspecified atom stereocenters. The average Bonchev–Trinajstić information content (AvgIpc) is 3.06. The zero-order chi connectivity index (χ0) is 17.6. The molecule has 1 aromatic rings. The standard InChI is InChI=1S/C15H27N5O4/c16-7-3-10-17-8-1-2-9-18-11-4-12-19-15(21)13-5-6-14(24-13)20(22)23/h5-6,17-18H,1-4,7-12,16H2,(H,19,21). The number of furan rings is 1. The molecule has 0 aliphatic heterocycles. The summed E-state index contributed by atoms with van der Waals surface area (Å²) in [6.07, 6.45) is 4.00. The van der Waals surface area contributed by atoms with Crippen LogP contribution in [0.15, 0.2) is 16.5 Å². The van der Waals surface area contributed by atoms with Crippen LogP contribution in [0.1, 0.15) is 36.2 Å². The van der Waals surface area contributed by atoms with Gasteiger partial charge in [0.2, 0.25) is 0 Å². The van der Waals surface area contributed by atoms with Crippen LogP contribution in [-0.4, -0.2) is 50.1 Å². The lowest BCUT2D eigenvalue weighted by Gasteiger charge is -2.06. The average molecular weight is 341 g/mol. The fourth-order valence-electron chi connectivity index (χ4n) is 2.03. The molecule has 1 aromatic heterocycles. The largest absolute Gasteiger partial charge is 0.433 e. The first-order valence-corrected chi connectivity index (χ1v) is 8.29. The van der Waals surface area contributed by atoms with Crippen molar-refractivity contribution in [3.05, 3.63) is 28.0 Å². The molecule has 0 radical (unpaired) electrons. The van der Waals surface area contributed by atoms with Gasteiger partial charge in [-0.05, 0) is 64.5 Å². The van der Waals surface area contributed by atoms with Crippen molar-refractivity contribution < 1.29 is 14.1 Å². The van der Waals surface area contributed by atoms with Gasteiger partial charge in [-0.3, -0.25) is 14.9 Å². The summed E-state index contributed by atoms with van der Waals surface area (Å²) >= 11 is 0. The SMILES string of the molecule is NCCCNCCCCNCCCNC(=O)c1ccc([N+](=O)[O-])o1. The van der Waals surface area contributed by atoms with Gasteiger partial charge in [-0.1, -0.05) is 0 Å². The molecule has 5 N–H and O–H groups in total. The van der Waals surface area contributed by atoms with Crippen molar-refractivity contribution in [3.8, 4) is 0 Å². The topological polar surface area (TPSA) is 135 Å². The predicted octanol–water partition coefficient (Wildman–Crippen LogP) is 0.616. The second-order valence-electron chi connectivity index (χ2n) is 5.35. The normalized spacial score (nSPS) is 10.7.